The Bertz CT molecular complexity index is 580. The fraction of sp³-hybridized carbons (Fsp3) is 0.182. The van der Waals surface area contributed by atoms with Gasteiger partial charge in [-0.15, -0.1) is 0 Å². The highest BCUT2D eigenvalue weighted by molar-refractivity contribution is 6.31. The number of nitriles is 1. The Morgan fingerprint density at radius 1 is 1.44 bits per heavy atom. The van der Waals surface area contributed by atoms with Crippen molar-refractivity contribution in [3.8, 4) is 11.8 Å². The van der Waals surface area contributed by atoms with Crippen molar-refractivity contribution in [2.75, 3.05) is 0 Å². The molecular weight excluding hydrogens is 224 g/mol. The van der Waals surface area contributed by atoms with Crippen LogP contribution in [-0.2, 0) is 0 Å². The summed E-state index contributed by atoms with van der Waals surface area (Å²) in [5.74, 6) is 0. The second-order valence-electron chi connectivity index (χ2n) is 3.40. The lowest BCUT2D eigenvalue weighted by atomic mass is 10.2. The molecule has 0 fully saturated rings. The SMILES string of the molecule is Cc1nn(-c2cnccc2C#N)c(C)c1Cl. The summed E-state index contributed by atoms with van der Waals surface area (Å²) in [6.45, 7) is 3.69. The Balaban J connectivity index is 2.69. The highest BCUT2D eigenvalue weighted by Gasteiger charge is 2.13. The summed E-state index contributed by atoms with van der Waals surface area (Å²) in [6.07, 6.45) is 3.18. The van der Waals surface area contributed by atoms with Gasteiger partial charge in [-0.25, -0.2) is 4.68 Å². The Hall–Kier alpha value is -1.86. The van der Waals surface area contributed by atoms with Crippen LogP contribution in [0.25, 0.3) is 5.69 Å². The van der Waals surface area contributed by atoms with Gasteiger partial charge in [0, 0.05) is 6.20 Å². The Labute approximate surface area is 98.1 Å². The van der Waals surface area contributed by atoms with Gasteiger partial charge in [-0.3, -0.25) is 4.98 Å². The van der Waals surface area contributed by atoms with Crippen LogP contribution >= 0.6 is 11.6 Å². The monoisotopic (exact) mass is 232 g/mol. The Kier molecular flexibility index (Phi) is 2.63. The van der Waals surface area contributed by atoms with Gasteiger partial charge in [-0.05, 0) is 19.9 Å². The maximum absolute atomic E-state index is 8.99. The lowest BCUT2D eigenvalue weighted by molar-refractivity contribution is 0.826. The zero-order valence-electron chi connectivity index (χ0n) is 8.90. The van der Waals surface area contributed by atoms with Crippen molar-refractivity contribution in [1.29, 1.82) is 5.26 Å². The predicted octanol–water partition coefficient (Wildman–Crippen LogP) is 2.41. The van der Waals surface area contributed by atoms with E-state index in [1.807, 2.05) is 13.8 Å². The maximum Gasteiger partial charge on any atom is 0.102 e. The quantitative estimate of drug-likeness (QED) is 0.759. The van der Waals surface area contributed by atoms with Crippen LogP contribution in [0.3, 0.4) is 0 Å². The molecule has 0 aliphatic rings. The average Bonchev–Trinajstić information content (AvgIpc) is 2.57. The van der Waals surface area contributed by atoms with Gasteiger partial charge < -0.3 is 0 Å². The number of rotatable bonds is 1. The Morgan fingerprint density at radius 3 is 2.75 bits per heavy atom. The number of aryl methyl sites for hydroxylation is 1. The molecule has 80 valence electrons. The van der Waals surface area contributed by atoms with Crippen LogP contribution in [0.2, 0.25) is 5.02 Å². The summed E-state index contributed by atoms with van der Waals surface area (Å²) in [6, 6.07) is 3.76. The van der Waals surface area contributed by atoms with E-state index in [0.717, 1.165) is 11.4 Å². The lowest BCUT2D eigenvalue weighted by Crippen LogP contribution is -2.02. The number of nitrogens with zero attached hydrogens (tertiary/aromatic N) is 4. The largest absolute Gasteiger partial charge is 0.262 e. The van der Waals surface area contributed by atoms with Gasteiger partial charge >= 0.3 is 0 Å². The third-order valence-corrected chi connectivity index (χ3v) is 2.90. The van der Waals surface area contributed by atoms with Gasteiger partial charge in [-0.1, -0.05) is 11.6 Å². The normalized spacial score (nSPS) is 10.1. The van der Waals surface area contributed by atoms with Gasteiger partial charge in [0.25, 0.3) is 0 Å². The molecule has 2 heterocycles. The minimum Gasteiger partial charge on any atom is -0.262 e. The molecule has 0 aliphatic heterocycles. The molecule has 0 atom stereocenters. The van der Waals surface area contributed by atoms with Crippen LogP contribution in [0.5, 0.6) is 0 Å². The third kappa shape index (κ3) is 1.55. The van der Waals surface area contributed by atoms with Crippen molar-refractivity contribution >= 4 is 11.6 Å². The molecule has 0 saturated carbocycles. The Morgan fingerprint density at radius 2 is 2.19 bits per heavy atom. The summed E-state index contributed by atoms with van der Waals surface area (Å²) in [4.78, 5) is 3.99. The minimum absolute atomic E-state index is 0.525. The van der Waals surface area contributed by atoms with E-state index in [9.17, 15) is 0 Å². The molecule has 0 aliphatic carbocycles. The third-order valence-electron chi connectivity index (χ3n) is 2.35. The second kappa shape index (κ2) is 3.95. The standard InChI is InChI=1S/C11H9ClN4/c1-7-11(12)8(2)16(15-7)10-6-14-4-3-9(10)5-13/h3-4,6H,1-2H3. The van der Waals surface area contributed by atoms with E-state index in [-0.39, 0.29) is 0 Å². The smallest absolute Gasteiger partial charge is 0.102 e. The molecule has 0 amide bonds. The van der Waals surface area contributed by atoms with E-state index < -0.39 is 0 Å². The molecule has 5 heteroatoms. The van der Waals surface area contributed by atoms with E-state index >= 15 is 0 Å². The lowest BCUT2D eigenvalue weighted by Gasteiger charge is -2.04. The van der Waals surface area contributed by atoms with Crippen molar-refractivity contribution in [3.05, 3.63) is 40.4 Å². The molecule has 0 N–H and O–H groups in total. The van der Waals surface area contributed by atoms with E-state index in [2.05, 4.69) is 16.2 Å². The van der Waals surface area contributed by atoms with Gasteiger partial charge in [0.2, 0.25) is 0 Å². The van der Waals surface area contributed by atoms with E-state index in [0.29, 0.717) is 16.3 Å². The first-order chi connectivity index (χ1) is 7.65. The van der Waals surface area contributed by atoms with E-state index in [1.165, 1.54) is 0 Å². The van der Waals surface area contributed by atoms with Gasteiger partial charge in [0.15, 0.2) is 0 Å². The van der Waals surface area contributed by atoms with Gasteiger partial charge in [0.1, 0.15) is 11.8 Å². The van der Waals surface area contributed by atoms with Crippen molar-refractivity contribution < 1.29 is 0 Å². The fourth-order valence-corrected chi connectivity index (χ4v) is 1.63. The molecule has 0 aromatic carbocycles. The fourth-order valence-electron chi connectivity index (χ4n) is 1.51. The van der Waals surface area contributed by atoms with Crippen LogP contribution in [-0.4, -0.2) is 14.8 Å². The first-order valence-corrected chi connectivity index (χ1v) is 5.09. The molecule has 16 heavy (non-hydrogen) atoms. The highest BCUT2D eigenvalue weighted by Crippen LogP contribution is 2.23. The summed E-state index contributed by atoms with van der Waals surface area (Å²) in [5, 5.41) is 13.9. The molecule has 2 aromatic heterocycles. The van der Waals surface area contributed by atoms with Crippen LogP contribution in [0.15, 0.2) is 18.5 Å². The highest BCUT2D eigenvalue weighted by atomic mass is 35.5. The summed E-state index contributed by atoms with van der Waals surface area (Å²) < 4.78 is 1.64. The molecule has 0 unspecified atom stereocenters. The van der Waals surface area contributed by atoms with Crippen molar-refractivity contribution in [1.82, 2.24) is 14.8 Å². The van der Waals surface area contributed by atoms with Crippen LogP contribution in [0.4, 0.5) is 0 Å². The van der Waals surface area contributed by atoms with E-state index in [4.69, 9.17) is 16.9 Å². The minimum atomic E-state index is 0.525. The zero-order chi connectivity index (χ0) is 11.7. The molecule has 0 bridgehead atoms. The van der Waals surface area contributed by atoms with Gasteiger partial charge in [0.05, 0.1) is 28.2 Å². The second-order valence-corrected chi connectivity index (χ2v) is 3.78. The van der Waals surface area contributed by atoms with Gasteiger partial charge in [-0.2, -0.15) is 10.4 Å². The first kappa shape index (κ1) is 10.7. The first-order valence-electron chi connectivity index (χ1n) is 4.71. The average molecular weight is 233 g/mol. The van der Waals surface area contributed by atoms with Crippen molar-refractivity contribution in [2.45, 2.75) is 13.8 Å². The summed E-state index contributed by atoms with van der Waals surface area (Å²) in [5.41, 5.74) is 2.73. The van der Waals surface area contributed by atoms with Crippen LogP contribution in [0, 0.1) is 25.2 Å². The number of pyridine rings is 1. The molecule has 4 nitrogen and oxygen atoms in total. The molecule has 2 rings (SSSR count). The predicted molar refractivity (Wildman–Crippen MR) is 60.6 cm³/mol. The molecule has 0 spiro atoms. The zero-order valence-corrected chi connectivity index (χ0v) is 9.65. The molecular formula is C11H9ClN4. The molecule has 2 aromatic rings. The van der Waals surface area contributed by atoms with Crippen molar-refractivity contribution in [2.24, 2.45) is 0 Å². The maximum atomic E-state index is 8.99. The summed E-state index contributed by atoms with van der Waals surface area (Å²) >= 11 is 6.06. The number of halogens is 1. The number of aromatic nitrogens is 3. The number of hydrogen-bond donors (Lipinski definition) is 0. The van der Waals surface area contributed by atoms with E-state index in [1.54, 1.807) is 23.1 Å². The van der Waals surface area contributed by atoms with Crippen molar-refractivity contribution in [3.63, 3.8) is 0 Å². The topological polar surface area (TPSA) is 54.5 Å². The van der Waals surface area contributed by atoms with Crippen LogP contribution < -0.4 is 0 Å². The van der Waals surface area contributed by atoms with Crippen LogP contribution in [0.1, 0.15) is 17.0 Å². The number of hydrogen-bond acceptors (Lipinski definition) is 3. The molecule has 0 saturated heterocycles. The molecule has 0 radical (unpaired) electrons. The summed E-state index contributed by atoms with van der Waals surface area (Å²) in [7, 11) is 0.